The molecular formula is C47H30N2S. The lowest BCUT2D eigenvalue weighted by Crippen LogP contribution is -1.95. The predicted molar refractivity (Wildman–Crippen MR) is 213 cm³/mol. The minimum Gasteiger partial charge on any atom is -0.308 e. The van der Waals surface area contributed by atoms with Crippen molar-refractivity contribution in [1.29, 1.82) is 0 Å². The summed E-state index contributed by atoms with van der Waals surface area (Å²) in [5.74, 6) is 0. The molecule has 0 N–H and O–H groups in total. The summed E-state index contributed by atoms with van der Waals surface area (Å²) in [6.07, 6.45) is 0. The number of fused-ring (bicyclic) bond motifs is 6. The van der Waals surface area contributed by atoms with E-state index in [1.165, 1.54) is 64.4 Å². The van der Waals surface area contributed by atoms with Crippen LogP contribution in [0.4, 0.5) is 0 Å². The van der Waals surface area contributed by atoms with Gasteiger partial charge in [-0.25, -0.2) is 4.98 Å². The van der Waals surface area contributed by atoms with Crippen LogP contribution in [0.2, 0.25) is 0 Å². The average molecular weight is 655 g/mol. The van der Waals surface area contributed by atoms with Crippen LogP contribution in [0.25, 0.3) is 92.4 Å². The number of hydrogen-bond acceptors (Lipinski definition) is 2. The Bertz CT molecular complexity index is 2790. The number of pyridine rings is 1. The van der Waals surface area contributed by atoms with Gasteiger partial charge in [0, 0.05) is 37.4 Å². The van der Waals surface area contributed by atoms with Crippen LogP contribution in [0.15, 0.2) is 182 Å². The maximum atomic E-state index is 5.29. The van der Waals surface area contributed by atoms with Gasteiger partial charge in [-0.1, -0.05) is 146 Å². The fraction of sp³-hybridized carbons (Fsp3) is 0. The first-order valence-corrected chi connectivity index (χ1v) is 17.8. The monoisotopic (exact) mass is 654 g/mol. The van der Waals surface area contributed by atoms with Crippen LogP contribution < -0.4 is 0 Å². The summed E-state index contributed by atoms with van der Waals surface area (Å²) in [6.45, 7) is 0. The van der Waals surface area contributed by atoms with Crippen molar-refractivity contribution in [3.05, 3.63) is 182 Å². The molecule has 0 fully saturated rings. The van der Waals surface area contributed by atoms with E-state index in [9.17, 15) is 0 Å². The molecule has 3 aromatic heterocycles. The number of hydrogen-bond donors (Lipinski definition) is 0. The Morgan fingerprint density at radius 3 is 1.60 bits per heavy atom. The van der Waals surface area contributed by atoms with Gasteiger partial charge in [0.1, 0.15) is 0 Å². The normalized spacial score (nSPS) is 11.6. The van der Waals surface area contributed by atoms with Gasteiger partial charge < -0.3 is 4.57 Å². The summed E-state index contributed by atoms with van der Waals surface area (Å²) >= 11 is 1.87. The Kier molecular flexibility index (Phi) is 6.71. The van der Waals surface area contributed by atoms with Crippen LogP contribution in [0.1, 0.15) is 0 Å². The zero-order valence-electron chi connectivity index (χ0n) is 27.1. The molecule has 0 unspecified atom stereocenters. The number of benzene rings is 7. The van der Waals surface area contributed by atoms with E-state index < -0.39 is 0 Å². The molecule has 3 heterocycles. The molecular weight excluding hydrogens is 625 g/mol. The molecule has 2 nitrogen and oxygen atoms in total. The van der Waals surface area contributed by atoms with Gasteiger partial charge in [-0.05, 0) is 58.7 Å². The molecule has 234 valence electrons. The van der Waals surface area contributed by atoms with Crippen LogP contribution >= 0.6 is 11.3 Å². The predicted octanol–water partition coefficient (Wildman–Crippen LogP) is 13.2. The van der Waals surface area contributed by atoms with Crippen molar-refractivity contribution in [2.24, 2.45) is 0 Å². The second-order valence-corrected chi connectivity index (χ2v) is 13.8. The van der Waals surface area contributed by atoms with Crippen molar-refractivity contribution in [2.75, 3.05) is 0 Å². The molecule has 0 aliphatic heterocycles. The second-order valence-electron chi connectivity index (χ2n) is 12.8. The molecule has 3 heteroatoms. The van der Waals surface area contributed by atoms with E-state index in [-0.39, 0.29) is 0 Å². The molecule has 0 radical (unpaired) electrons. The lowest BCUT2D eigenvalue weighted by Gasteiger charge is -2.12. The summed E-state index contributed by atoms with van der Waals surface area (Å²) in [4.78, 5) is 5.29. The Labute approximate surface area is 294 Å². The zero-order chi connectivity index (χ0) is 33.0. The van der Waals surface area contributed by atoms with Crippen LogP contribution in [0, 0.1) is 0 Å². The standard InChI is InChI=1S/C47H30N2S/c1-4-13-31(14-5-1)34-23-25-37-38-26-24-35(42-28-36(32-15-6-2-7-16-32)27-41(48-42)33-17-8-3-9-18-33)30-45(38)49(44(37)29-34)43-21-12-20-40-39-19-10-11-22-46(39)50-47(40)43/h1-30H. The molecule has 0 spiro atoms. The highest BCUT2D eigenvalue weighted by molar-refractivity contribution is 7.26. The first-order valence-electron chi connectivity index (χ1n) is 17.0. The molecule has 10 rings (SSSR count). The SMILES string of the molecule is c1ccc(-c2cc(-c3ccccc3)nc(-c3ccc4c5ccc(-c6ccccc6)cc5n(-c5cccc6c5sc5ccccc56)c4c3)c2)cc1. The Morgan fingerprint density at radius 2 is 0.900 bits per heavy atom. The van der Waals surface area contributed by atoms with Gasteiger partial charge >= 0.3 is 0 Å². The topological polar surface area (TPSA) is 17.8 Å². The summed E-state index contributed by atoms with van der Waals surface area (Å²) in [5.41, 5.74) is 12.4. The first-order chi connectivity index (χ1) is 24.8. The van der Waals surface area contributed by atoms with Crippen LogP contribution in [0.5, 0.6) is 0 Å². The Morgan fingerprint density at radius 1 is 0.360 bits per heavy atom. The van der Waals surface area contributed by atoms with Crippen molar-refractivity contribution >= 4 is 53.3 Å². The van der Waals surface area contributed by atoms with Crippen molar-refractivity contribution < 1.29 is 0 Å². The molecule has 0 saturated heterocycles. The summed E-state index contributed by atoms with van der Waals surface area (Å²) < 4.78 is 5.08. The zero-order valence-corrected chi connectivity index (χ0v) is 27.9. The molecule has 0 saturated carbocycles. The lowest BCUT2D eigenvalue weighted by molar-refractivity contribution is 1.20. The van der Waals surface area contributed by atoms with Gasteiger partial charge in [0.05, 0.1) is 32.8 Å². The summed E-state index contributed by atoms with van der Waals surface area (Å²) in [5, 5.41) is 5.05. The largest absolute Gasteiger partial charge is 0.308 e. The average Bonchev–Trinajstić information content (AvgIpc) is 3.74. The minimum absolute atomic E-state index is 0.953. The minimum atomic E-state index is 0.953. The van der Waals surface area contributed by atoms with E-state index in [1.807, 2.05) is 11.3 Å². The third-order valence-corrected chi connectivity index (χ3v) is 11.0. The van der Waals surface area contributed by atoms with Gasteiger partial charge in [-0.15, -0.1) is 11.3 Å². The van der Waals surface area contributed by atoms with E-state index in [1.54, 1.807) is 0 Å². The highest BCUT2D eigenvalue weighted by Crippen LogP contribution is 2.42. The highest BCUT2D eigenvalue weighted by atomic mass is 32.1. The molecule has 0 atom stereocenters. The third-order valence-electron chi connectivity index (χ3n) is 9.80. The molecule has 0 aliphatic carbocycles. The molecule has 0 bridgehead atoms. The molecule has 0 aliphatic rings. The van der Waals surface area contributed by atoms with E-state index >= 15 is 0 Å². The number of rotatable bonds is 5. The third kappa shape index (κ3) is 4.74. The van der Waals surface area contributed by atoms with E-state index in [0.717, 1.165) is 28.1 Å². The maximum absolute atomic E-state index is 5.29. The van der Waals surface area contributed by atoms with Gasteiger partial charge in [0.2, 0.25) is 0 Å². The Balaban J connectivity index is 1.26. The fourth-order valence-electron chi connectivity index (χ4n) is 7.39. The van der Waals surface area contributed by atoms with Crippen molar-refractivity contribution in [3.8, 4) is 50.5 Å². The van der Waals surface area contributed by atoms with E-state index in [0.29, 0.717) is 0 Å². The molecule has 0 amide bonds. The lowest BCUT2D eigenvalue weighted by atomic mass is 9.99. The van der Waals surface area contributed by atoms with Gasteiger partial charge in [0.15, 0.2) is 0 Å². The van der Waals surface area contributed by atoms with Gasteiger partial charge in [0.25, 0.3) is 0 Å². The van der Waals surface area contributed by atoms with Crippen LogP contribution in [0.3, 0.4) is 0 Å². The Hall–Kier alpha value is -6.29. The van der Waals surface area contributed by atoms with E-state index in [4.69, 9.17) is 4.98 Å². The highest BCUT2D eigenvalue weighted by Gasteiger charge is 2.19. The number of aromatic nitrogens is 2. The van der Waals surface area contributed by atoms with Crippen molar-refractivity contribution in [1.82, 2.24) is 9.55 Å². The van der Waals surface area contributed by atoms with Crippen molar-refractivity contribution in [2.45, 2.75) is 0 Å². The molecule has 50 heavy (non-hydrogen) atoms. The van der Waals surface area contributed by atoms with Gasteiger partial charge in [-0.2, -0.15) is 0 Å². The van der Waals surface area contributed by atoms with E-state index in [2.05, 4.69) is 187 Å². The van der Waals surface area contributed by atoms with Crippen LogP contribution in [-0.2, 0) is 0 Å². The molecule has 7 aromatic carbocycles. The summed E-state index contributed by atoms with van der Waals surface area (Å²) in [7, 11) is 0. The van der Waals surface area contributed by atoms with Crippen molar-refractivity contribution in [3.63, 3.8) is 0 Å². The summed E-state index contributed by atoms with van der Waals surface area (Å²) in [6, 6.07) is 65.5. The van der Waals surface area contributed by atoms with Crippen LogP contribution in [-0.4, -0.2) is 9.55 Å². The maximum Gasteiger partial charge on any atom is 0.0716 e. The smallest absolute Gasteiger partial charge is 0.0716 e. The quantitative estimate of drug-likeness (QED) is 0.181. The number of nitrogens with zero attached hydrogens (tertiary/aromatic N) is 2. The number of thiophene rings is 1. The molecule has 10 aromatic rings. The fourth-order valence-corrected chi connectivity index (χ4v) is 8.59. The second kappa shape index (κ2) is 11.7. The van der Waals surface area contributed by atoms with Gasteiger partial charge in [-0.3, -0.25) is 0 Å². The first kappa shape index (κ1) is 28.7.